The highest BCUT2D eigenvalue weighted by atomic mass is 32.2. The molecule has 1 amide bonds. The number of H-pyrrole nitrogens is 1. The molecule has 3 aromatic heterocycles. The summed E-state index contributed by atoms with van der Waals surface area (Å²) in [6.07, 6.45) is 3.52. The predicted octanol–water partition coefficient (Wildman–Crippen LogP) is 0.751. The molecule has 1 aliphatic heterocycles. The molecule has 32 heavy (non-hydrogen) atoms. The molecule has 0 bridgehead atoms. The normalized spacial score (nSPS) is 15.1. The summed E-state index contributed by atoms with van der Waals surface area (Å²) in [7, 11) is -2.21. The van der Waals surface area contributed by atoms with Crippen LogP contribution in [0.15, 0.2) is 46.3 Å². The van der Waals surface area contributed by atoms with Crippen LogP contribution >= 0.6 is 0 Å². The van der Waals surface area contributed by atoms with Gasteiger partial charge in [-0.15, -0.1) is 0 Å². The van der Waals surface area contributed by atoms with Crippen molar-refractivity contribution in [1.82, 2.24) is 24.6 Å². The third-order valence-electron chi connectivity index (χ3n) is 5.57. The highest BCUT2D eigenvalue weighted by Gasteiger charge is 2.29. The number of amides is 1. The van der Waals surface area contributed by atoms with Gasteiger partial charge >= 0.3 is 0 Å². The average Bonchev–Trinajstić information content (AvgIpc) is 2.82. The van der Waals surface area contributed by atoms with Crippen molar-refractivity contribution in [3.8, 4) is 0 Å². The number of aryl methyl sites for hydroxylation is 1. The van der Waals surface area contributed by atoms with Crippen LogP contribution in [-0.2, 0) is 16.4 Å². The predicted molar refractivity (Wildman–Crippen MR) is 120 cm³/mol. The molecule has 168 valence electrons. The van der Waals surface area contributed by atoms with Crippen molar-refractivity contribution in [2.45, 2.75) is 18.2 Å². The number of aromatic amines is 1. The van der Waals surface area contributed by atoms with E-state index in [1.165, 1.54) is 16.6 Å². The third kappa shape index (κ3) is 4.08. The van der Waals surface area contributed by atoms with Gasteiger partial charge in [-0.2, -0.15) is 4.31 Å². The molecule has 1 aliphatic rings. The molecule has 2 N–H and O–H groups in total. The lowest BCUT2D eigenvalue weighted by Gasteiger charge is -2.35. The van der Waals surface area contributed by atoms with Gasteiger partial charge in [-0.25, -0.2) is 13.4 Å². The van der Waals surface area contributed by atoms with E-state index < -0.39 is 10.0 Å². The zero-order valence-electron chi connectivity index (χ0n) is 17.8. The van der Waals surface area contributed by atoms with Gasteiger partial charge in [0.1, 0.15) is 10.6 Å². The van der Waals surface area contributed by atoms with Gasteiger partial charge in [0.15, 0.2) is 0 Å². The van der Waals surface area contributed by atoms with E-state index in [2.05, 4.69) is 20.3 Å². The molecule has 0 atom stereocenters. The Morgan fingerprint density at radius 3 is 2.50 bits per heavy atom. The molecule has 0 saturated carbocycles. The van der Waals surface area contributed by atoms with Gasteiger partial charge < -0.3 is 15.2 Å². The van der Waals surface area contributed by atoms with Gasteiger partial charge in [-0.3, -0.25) is 14.6 Å². The van der Waals surface area contributed by atoms with Crippen LogP contribution in [0.2, 0.25) is 0 Å². The summed E-state index contributed by atoms with van der Waals surface area (Å²) < 4.78 is 27.7. The first-order chi connectivity index (χ1) is 15.3. The minimum absolute atomic E-state index is 0.0509. The van der Waals surface area contributed by atoms with Gasteiger partial charge in [-0.05, 0) is 30.7 Å². The molecule has 0 spiro atoms. The number of sulfonamides is 1. The quantitative estimate of drug-likeness (QED) is 0.580. The van der Waals surface area contributed by atoms with Crippen LogP contribution in [0, 0.1) is 0 Å². The molecule has 1 saturated heterocycles. The van der Waals surface area contributed by atoms with E-state index in [1.54, 1.807) is 31.4 Å². The maximum atomic E-state index is 13.2. The van der Waals surface area contributed by atoms with E-state index in [1.807, 2.05) is 11.8 Å². The second kappa shape index (κ2) is 8.67. The monoisotopic (exact) mass is 456 g/mol. The maximum Gasteiger partial charge on any atom is 0.269 e. The molecule has 4 rings (SSSR count). The minimum Gasteiger partial charge on any atom is -0.368 e. The van der Waals surface area contributed by atoms with E-state index in [9.17, 15) is 18.0 Å². The van der Waals surface area contributed by atoms with E-state index in [0.29, 0.717) is 54.9 Å². The SMILES string of the molecule is CCc1cc2ncc(S(=O)(=O)N3CCN(c4ccc(C(=O)NC)nc4)CC3)cc2[nH]c1=O. The second-order valence-electron chi connectivity index (χ2n) is 7.45. The topological polar surface area (TPSA) is 128 Å². The summed E-state index contributed by atoms with van der Waals surface area (Å²) in [6.45, 7) is 3.43. The minimum atomic E-state index is -3.76. The number of rotatable bonds is 5. The van der Waals surface area contributed by atoms with Crippen LogP contribution in [0.4, 0.5) is 5.69 Å². The summed E-state index contributed by atoms with van der Waals surface area (Å²) in [5, 5.41) is 2.52. The largest absolute Gasteiger partial charge is 0.368 e. The first-order valence-electron chi connectivity index (χ1n) is 10.3. The number of nitrogens with one attached hydrogen (secondary N) is 2. The molecule has 11 heteroatoms. The van der Waals surface area contributed by atoms with Crippen molar-refractivity contribution in [3.05, 3.63) is 58.3 Å². The molecular weight excluding hydrogens is 432 g/mol. The van der Waals surface area contributed by atoms with Crippen molar-refractivity contribution < 1.29 is 13.2 Å². The number of carbonyl (C=O) groups excluding carboxylic acids is 1. The van der Waals surface area contributed by atoms with E-state index in [0.717, 1.165) is 5.69 Å². The molecule has 0 radical (unpaired) electrons. The highest BCUT2D eigenvalue weighted by molar-refractivity contribution is 7.89. The lowest BCUT2D eigenvalue weighted by Crippen LogP contribution is -2.48. The van der Waals surface area contributed by atoms with Crippen molar-refractivity contribution in [1.29, 1.82) is 0 Å². The van der Waals surface area contributed by atoms with Gasteiger partial charge in [0.05, 0.1) is 22.9 Å². The Balaban J connectivity index is 1.50. The summed E-state index contributed by atoms with van der Waals surface area (Å²) in [5.74, 6) is -0.260. The Morgan fingerprint density at radius 2 is 1.88 bits per heavy atom. The molecule has 4 heterocycles. The van der Waals surface area contributed by atoms with Crippen LogP contribution in [0.1, 0.15) is 23.0 Å². The number of anilines is 1. The summed E-state index contributed by atoms with van der Waals surface area (Å²) >= 11 is 0. The number of nitrogens with zero attached hydrogens (tertiary/aromatic N) is 4. The van der Waals surface area contributed by atoms with Crippen LogP contribution in [0.3, 0.4) is 0 Å². The smallest absolute Gasteiger partial charge is 0.269 e. The zero-order chi connectivity index (χ0) is 22.9. The fraction of sp³-hybridized carbons (Fsp3) is 0.333. The number of pyridine rings is 3. The van der Waals surface area contributed by atoms with Crippen LogP contribution in [-0.4, -0.2) is 66.8 Å². The fourth-order valence-corrected chi connectivity index (χ4v) is 5.07. The number of hydrogen-bond acceptors (Lipinski definition) is 7. The number of fused-ring (bicyclic) bond motifs is 1. The Morgan fingerprint density at radius 1 is 1.12 bits per heavy atom. The number of hydrogen-bond donors (Lipinski definition) is 2. The lowest BCUT2D eigenvalue weighted by molar-refractivity contribution is 0.0958. The summed E-state index contributed by atoms with van der Waals surface area (Å²) in [5.41, 5.74) is 2.47. The maximum absolute atomic E-state index is 13.2. The molecule has 10 nitrogen and oxygen atoms in total. The van der Waals surface area contributed by atoms with E-state index >= 15 is 0 Å². The van der Waals surface area contributed by atoms with E-state index in [-0.39, 0.29) is 16.4 Å². The van der Waals surface area contributed by atoms with Crippen LogP contribution in [0.25, 0.3) is 11.0 Å². The molecule has 1 fully saturated rings. The van der Waals surface area contributed by atoms with Crippen molar-refractivity contribution in [2.75, 3.05) is 38.1 Å². The second-order valence-corrected chi connectivity index (χ2v) is 9.39. The van der Waals surface area contributed by atoms with E-state index in [4.69, 9.17) is 0 Å². The van der Waals surface area contributed by atoms with Gasteiger partial charge in [0.25, 0.3) is 11.5 Å². The van der Waals surface area contributed by atoms with Crippen LogP contribution in [0.5, 0.6) is 0 Å². The molecular formula is C21H24N6O4S. The summed E-state index contributed by atoms with van der Waals surface area (Å²) in [6, 6.07) is 6.59. The molecule has 0 unspecified atom stereocenters. The van der Waals surface area contributed by atoms with Crippen LogP contribution < -0.4 is 15.8 Å². The van der Waals surface area contributed by atoms with Crippen molar-refractivity contribution >= 4 is 32.7 Å². The first-order valence-corrected chi connectivity index (χ1v) is 11.7. The van der Waals surface area contributed by atoms with Crippen molar-refractivity contribution in [3.63, 3.8) is 0 Å². The zero-order valence-corrected chi connectivity index (χ0v) is 18.6. The van der Waals surface area contributed by atoms with Gasteiger partial charge in [-0.1, -0.05) is 6.92 Å². The number of carbonyl (C=O) groups is 1. The van der Waals surface area contributed by atoms with Gasteiger partial charge in [0, 0.05) is 45.0 Å². The summed E-state index contributed by atoms with van der Waals surface area (Å²) in [4.78, 5) is 37.0. The van der Waals surface area contributed by atoms with Crippen molar-refractivity contribution in [2.24, 2.45) is 0 Å². The Labute approximate surface area is 185 Å². The Bertz CT molecular complexity index is 1310. The fourth-order valence-electron chi connectivity index (χ4n) is 3.68. The highest BCUT2D eigenvalue weighted by Crippen LogP contribution is 2.22. The lowest BCUT2D eigenvalue weighted by atomic mass is 10.2. The Kier molecular flexibility index (Phi) is 5.94. The number of aromatic nitrogens is 3. The molecule has 0 aliphatic carbocycles. The number of piperazine rings is 1. The molecule has 0 aromatic carbocycles. The first kappa shape index (κ1) is 21.9. The molecule has 3 aromatic rings. The average molecular weight is 457 g/mol. The third-order valence-corrected chi connectivity index (χ3v) is 7.44. The standard InChI is InChI=1S/C21H24N6O4S/c1-3-14-10-18-19(25-20(14)28)11-16(13-24-18)32(30,31)27-8-6-26(7-9-27)15-4-5-17(23-12-15)21(29)22-2/h4-5,10-13H,3,6-9H2,1-2H3,(H,22,29)(H,25,28). The van der Waals surface area contributed by atoms with Gasteiger partial charge in [0.2, 0.25) is 10.0 Å². The Hall–Kier alpha value is -3.31.